The standard InChI is InChI=1S/C27H37F3N4O5/c1-6-26(4)14-22(35)34(24(31)33-26)20(9-10-37-5)16-12-17(16)23(36)32-19-13-25(2,3)39-21-8-7-15(11-18(19)21)38-27(28,29)30/h7-8,11,16-17,19-20H,6,9-10,12-14H2,1-5H3,(H2,31,33)(H,32,36)/t16-,17-,19?,20-,26+/m1/s1. The molecule has 1 aromatic carbocycles. The fourth-order valence-corrected chi connectivity index (χ4v) is 5.62. The normalized spacial score (nSPS) is 28.6. The molecule has 2 aliphatic heterocycles. The summed E-state index contributed by atoms with van der Waals surface area (Å²) in [6.45, 7) is 7.93. The average molecular weight is 555 g/mol. The third-order valence-electron chi connectivity index (χ3n) is 7.80. The van der Waals surface area contributed by atoms with Crippen LogP contribution in [0.5, 0.6) is 11.5 Å². The summed E-state index contributed by atoms with van der Waals surface area (Å²) in [5.74, 6) is -0.761. The zero-order valence-corrected chi connectivity index (χ0v) is 22.9. The van der Waals surface area contributed by atoms with Gasteiger partial charge in [0.05, 0.1) is 18.0 Å². The minimum atomic E-state index is -4.84. The monoisotopic (exact) mass is 554 g/mol. The van der Waals surface area contributed by atoms with Crippen molar-refractivity contribution < 1.29 is 37.0 Å². The number of hydrogen-bond acceptors (Lipinski definition) is 7. The highest BCUT2D eigenvalue weighted by atomic mass is 19.4. The van der Waals surface area contributed by atoms with Crippen molar-refractivity contribution in [2.45, 2.75) is 89.4 Å². The van der Waals surface area contributed by atoms with Gasteiger partial charge < -0.3 is 25.3 Å². The summed E-state index contributed by atoms with van der Waals surface area (Å²) in [4.78, 5) is 32.7. The van der Waals surface area contributed by atoms with Gasteiger partial charge >= 0.3 is 6.36 Å². The number of benzene rings is 1. The van der Waals surface area contributed by atoms with E-state index in [1.165, 1.54) is 23.1 Å². The summed E-state index contributed by atoms with van der Waals surface area (Å²) in [6.07, 6.45) is -2.56. The van der Waals surface area contributed by atoms with Gasteiger partial charge in [-0.25, -0.2) is 4.99 Å². The van der Waals surface area contributed by atoms with Gasteiger partial charge in [0.25, 0.3) is 0 Å². The number of halogens is 3. The summed E-state index contributed by atoms with van der Waals surface area (Å²) in [5, 5.41) is 3.02. The summed E-state index contributed by atoms with van der Waals surface area (Å²) >= 11 is 0. The SMILES string of the molecule is CC[C@@]1(C)CC(=O)N([C@H](CCOC)[C@@H]2C[C@H]2C(=O)NC2CC(C)(C)Oc3ccc(OC(F)(F)F)cc32)C(N)=N1. The lowest BCUT2D eigenvalue weighted by molar-refractivity contribution is -0.274. The molecule has 3 aliphatic rings. The predicted octanol–water partition coefficient (Wildman–Crippen LogP) is 4.06. The van der Waals surface area contributed by atoms with Crippen molar-refractivity contribution in [3.8, 4) is 11.5 Å². The molecule has 12 heteroatoms. The number of ether oxygens (including phenoxy) is 3. The minimum absolute atomic E-state index is 0.128. The van der Waals surface area contributed by atoms with E-state index in [1.54, 1.807) is 7.11 Å². The van der Waals surface area contributed by atoms with Gasteiger partial charge in [-0.15, -0.1) is 13.2 Å². The molecule has 1 aliphatic carbocycles. The van der Waals surface area contributed by atoms with Gasteiger partial charge in [0, 0.05) is 37.7 Å². The Kier molecular flexibility index (Phi) is 7.81. The van der Waals surface area contributed by atoms with Crippen molar-refractivity contribution in [2.75, 3.05) is 13.7 Å². The molecule has 4 rings (SSSR count). The van der Waals surface area contributed by atoms with Gasteiger partial charge in [-0.1, -0.05) is 6.92 Å². The van der Waals surface area contributed by atoms with Crippen molar-refractivity contribution >= 4 is 17.8 Å². The number of carbonyl (C=O) groups excluding carboxylic acids is 2. The molecule has 3 N–H and O–H groups in total. The third-order valence-corrected chi connectivity index (χ3v) is 7.80. The molecule has 1 fully saturated rings. The molecular formula is C27H37F3N4O5. The number of methoxy groups -OCH3 is 1. The molecule has 9 nitrogen and oxygen atoms in total. The second-order valence-electron chi connectivity index (χ2n) is 11.5. The molecule has 1 aromatic rings. The largest absolute Gasteiger partial charge is 0.573 e. The van der Waals surface area contributed by atoms with Crippen LogP contribution < -0.4 is 20.5 Å². The quantitative estimate of drug-likeness (QED) is 0.476. The molecule has 1 saturated carbocycles. The van der Waals surface area contributed by atoms with E-state index in [1.807, 2.05) is 27.7 Å². The highest BCUT2D eigenvalue weighted by molar-refractivity contribution is 5.99. The zero-order chi connectivity index (χ0) is 28.8. The van der Waals surface area contributed by atoms with Crippen LogP contribution in [0.3, 0.4) is 0 Å². The topological polar surface area (TPSA) is 115 Å². The molecule has 5 atom stereocenters. The molecular weight excluding hydrogens is 517 g/mol. The Bertz CT molecular complexity index is 1140. The van der Waals surface area contributed by atoms with Gasteiger partial charge in [0.15, 0.2) is 5.96 Å². The van der Waals surface area contributed by atoms with E-state index < -0.39 is 29.5 Å². The molecule has 2 heterocycles. The number of nitrogens with zero attached hydrogens (tertiary/aromatic N) is 2. The van der Waals surface area contributed by atoms with Crippen LogP contribution in [0.25, 0.3) is 0 Å². The molecule has 0 bridgehead atoms. The third kappa shape index (κ3) is 6.59. The van der Waals surface area contributed by atoms with Gasteiger partial charge in [0.2, 0.25) is 11.8 Å². The van der Waals surface area contributed by atoms with Crippen LogP contribution in [-0.4, -0.2) is 59.9 Å². The lowest BCUT2D eigenvalue weighted by Crippen LogP contribution is -2.56. The highest BCUT2D eigenvalue weighted by Gasteiger charge is 2.53. The van der Waals surface area contributed by atoms with Crippen molar-refractivity contribution in [1.29, 1.82) is 0 Å². The first-order chi connectivity index (χ1) is 18.1. The highest BCUT2D eigenvalue weighted by Crippen LogP contribution is 2.47. The Morgan fingerprint density at radius 3 is 2.67 bits per heavy atom. The van der Waals surface area contributed by atoms with E-state index in [0.717, 1.165) is 0 Å². The van der Waals surface area contributed by atoms with Gasteiger partial charge in [-0.2, -0.15) is 0 Å². The lowest BCUT2D eigenvalue weighted by Gasteiger charge is -2.39. The van der Waals surface area contributed by atoms with Crippen LogP contribution in [0.1, 0.15) is 71.4 Å². The second kappa shape index (κ2) is 10.5. The minimum Gasteiger partial charge on any atom is -0.487 e. The van der Waals surface area contributed by atoms with E-state index in [-0.39, 0.29) is 41.9 Å². The van der Waals surface area contributed by atoms with E-state index in [0.29, 0.717) is 43.6 Å². The zero-order valence-electron chi connectivity index (χ0n) is 22.9. The van der Waals surface area contributed by atoms with Crippen molar-refractivity contribution in [3.63, 3.8) is 0 Å². The Hall–Kier alpha value is -3.02. The molecule has 216 valence electrons. The van der Waals surface area contributed by atoms with E-state index >= 15 is 0 Å². The summed E-state index contributed by atoms with van der Waals surface area (Å²) in [6, 6.07) is 2.92. The number of guanidine groups is 1. The average Bonchev–Trinajstić information content (AvgIpc) is 3.60. The maximum Gasteiger partial charge on any atom is 0.573 e. The lowest BCUT2D eigenvalue weighted by atomic mass is 9.89. The Morgan fingerprint density at radius 1 is 1.33 bits per heavy atom. The van der Waals surface area contributed by atoms with Gasteiger partial charge in [-0.05, 0) is 64.2 Å². The molecule has 1 unspecified atom stereocenters. The number of nitrogens with one attached hydrogen (secondary N) is 1. The smallest absolute Gasteiger partial charge is 0.487 e. The molecule has 0 saturated heterocycles. The number of fused-ring (bicyclic) bond motifs is 1. The Balaban J connectivity index is 1.52. The fourth-order valence-electron chi connectivity index (χ4n) is 5.62. The van der Waals surface area contributed by atoms with E-state index in [4.69, 9.17) is 15.2 Å². The number of amides is 2. The molecule has 0 spiro atoms. The molecule has 0 aromatic heterocycles. The van der Waals surface area contributed by atoms with E-state index in [9.17, 15) is 22.8 Å². The van der Waals surface area contributed by atoms with Crippen molar-refractivity contribution in [3.05, 3.63) is 23.8 Å². The first kappa shape index (κ1) is 29.0. The predicted molar refractivity (Wildman–Crippen MR) is 137 cm³/mol. The number of rotatable bonds is 9. The number of hydrogen-bond donors (Lipinski definition) is 2. The number of carbonyl (C=O) groups is 2. The molecule has 2 amide bonds. The summed E-state index contributed by atoms with van der Waals surface area (Å²) < 4.78 is 53.8. The molecule has 0 radical (unpaired) electrons. The van der Waals surface area contributed by atoms with Crippen LogP contribution in [0, 0.1) is 11.8 Å². The van der Waals surface area contributed by atoms with Crippen LogP contribution in [0.15, 0.2) is 23.2 Å². The fraction of sp³-hybridized carbons (Fsp3) is 0.667. The molecule has 39 heavy (non-hydrogen) atoms. The first-order valence-corrected chi connectivity index (χ1v) is 13.2. The maximum absolute atomic E-state index is 13.4. The summed E-state index contributed by atoms with van der Waals surface area (Å²) in [7, 11) is 1.57. The van der Waals surface area contributed by atoms with Crippen LogP contribution >= 0.6 is 0 Å². The van der Waals surface area contributed by atoms with Crippen LogP contribution in [0.4, 0.5) is 13.2 Å². The first-order valence-electron chi connectivity index (χ1n) is 13.2. The van der Waals surface area contributed by atoms with Crippen molar-refractivity contribution in [2.24, 2.45) is 22.6 Å². The number of alkyl halides is 3. The van der Waals surface area contributed by atoms with Crippen LogP contribution in [0.2, 0.25) is 0 Å². The summed E-state index contributed by atoms with van der Waals surface area (Å²) in [5.41, 5.74) is 5.49. The van der Waals surface area contributed by atoms with Crippen molar-refractivity contribution in [1.82, 2.24) is 10.2 Å². The Labute approximate surface area is 226 Å². The Morgan fingerprint density at radius 2 is 2.05 bits per heavy atom. The van der Waals surface area contributed by atoms with Gasteiger partial charge in [-0.3, -0.25) is 14.5 Å². The number of nitrogens with two attached hydrogens (primary N) is 1. The van der Waals surface area contributed by atoms with E-state index in [2.05, 4.69) is 15.0 Å². The second-order valence-corrected chi connectivity index (χ2v) is 11.5. The van der Waals surface area contributed by atoms with Crippen LogP contribution in [-0.2, 0) is 14.3 Å². The maximum atomic E-state index is 13.4. The number of aliphatic imine (C=N–C) groups is 1. The van der Waals surface area contributed by atoms with Gasteiger partial charge in [0.1, 0.15) is 17.1 Å².